The predicted molar refractivity (Wildman–Crippen MR) is 108 cm³/mol. The summed E-state index contributed by atoms with van der Waals surface area (Å²) in [5.74, 6) is -0.429. The summed E-state index contributed by atoms with van der Waals surface area (Å²) in [6.45, 7) is 6.25. The Morgan fingerprint density at radius 2 is 1.59 bits per heavy atom. The first-order valence-electron chi connectivity index (χ1n) is 9.69. The Labute approximate surface area is 161 Å². The van der Waals surface area contributed by atoms with Crippen LogP contribution in [0.25, 0.3) is 0 Å². The zero-order valence-electron chi connectivity index (χ0n) is 15.9. The van der Waals surface area contributed by atoms with Crippen LogP contribution in [0.1, 0.15) is 23.7 Å². The lowest BCUT2D eigenvalue weighted by Crippen LogP contribution is -2.55. The smallest absolute Gasteiger partial charge is 0.197 e. The molecule has 2 aromatic carbocycles. The molecule has 0 aliphatic carbocycles. The number of benzene rings is 2. The number of piperazine rings is 1. The van der Waals surface area contributed by atoms with Gasteiger partial charge in [0, 0.05) is 43.9 Å². The molecule has 0 spiro atoms. The molecular formula is C22H28FN3O. The van der Waals surface area contributed by atoms with Crippen molar-refractivity contribution in [3.8, 4) is 0 Å². The number of ketones is 1. The molecule has 2 aromatic rings. The van der Waals surface area contributed by atoms with Gasteiger partial charge in [0.2, 0.25) is 0 Å². The number of carbonyl (C=O) groups is 1. The van der Waals surface area contributed by atoms with Crippen molar-refractivity contribution in [2.24, 2.45) is 0 Å². The van der Waals surface area contributed by atoms with Crippen LogP contribution in [0.2, 0.25) is 0 Å². The average Bonchev–Trinajstić information content (AvgIpc) is 2.74. The maximum Gasteiger partial charge on any atom is 0.197 e. The molecule has 1 aliphatic rings. The number of anilines is 1. The Kier molecular flexibility index (Phi) is 6.96. The number of alkyl halides is 1. The summed E-state index contributed by atoms with van der Waals surface area (Å²) in [5, 5.41) is 3.36. The fourth-order valence-electron chi connectivity index (χ4n) is 3.61. The van der Waals surface area contributed by atoms with E-state index in [4.69, 9.17) is 0 Å². The molecule has 0 saturated carbocycles. The minimum absolute atomic E-state index is 0.129. The van der Waals surface area contributed by atoms with Gasteiger partial charge < -0.3 is 10.2 Å². The Hall–Kier alpha value is -2.24. The zero-order chi connectivity index (χ0) is 19.1. The standard InChI is InChI=1S/C22H28FN3O/c1-2-24-21(17-20(23)22(27)18-9-5-3-6-10-18)26-15-13-25(14-16-26)19-11-7-4-8-12-19/h3-12,20-21,24H,2,13-17H2,1H3. The second-order valence-corrected chi connectivity index (χ2v) is 6.87. The predicted octanol–water partition coefficient (Wildman–Crippen LogP) is 3.36. The highest BCUT2D eigenvalue weighted by atomic mass is 19.1. The molecule has 0 amide bonds. The van der Waals surface area contributed by atoms with Gasteiger partial charge in [0.25, 0.3) is 0 Å². The van der Waals surface area contributed by atoms with E-state index in [-0.39, 0.29) is 12.6 Å². The lowest BCUT2D eigenvalue weighted by atomic mass is 10.0. The number of carbonyl (C=O) groups excluding carboxylic acids is 1. The molecule has 4 nitrogen and oxygen atoms in total. The van der Waals surface area contributed by atoms with Crippen molar-refractivity contribution in [2.75, 3.05) is 37.6 Å². The van der Waals surface area contributed by atoms with Crippen LogP contribution in [-0.2, 0) is 0 Å². The monoisotopic (exact) mass is 369 g/mol. The molecule has 3 rings (SSSR count). The molecule has 1 fully saturated rings. The first-order valence-corrected chi connectivity index (χ1v) is 9.69. The number of para-hydroxylation sites is 1. The van der Waals surface area contributed by atoms with Crippen LogP contribution < -0.4 is 10.2 Å². The van der Waals surface area contributed by atoms with Gasteiger partial charge >= 0.3 is 0 Å². The molecule has 0 aromatic heterocycles. The molecule has 2 atom stereocenters. The van der Waals surface area contributed by atoms with Crippen LogP contribution in [-0.4, -0.2) is 55.7 Å². The molecule has 1 N–H and O–H groups in total. The van der Waals surface area contributed by atoms with E-state index in [1.54, 1.807) is 24.3 Å². The van der Waals surface area contributed by atoms with Gasteiger partial charge in [-0.2, -0.15) is 0 Å². The lowest BCUT2D eigenvalue weighted by Gasteiger charge is -2.40. The van der Waals surface area contributed by atoms with Crippen molar-refractivity contribution in [1.29, 1.82) is 0 Å². The van der Waals surface area contributed by atoms with Gasteiger partial charge in [0.1, 0.15) is 0 Å². The molecule has 2 unspecified atom stereocenters. The average molecular weight is 369 g/mol. The van der Waals surface area contributed by atoms with Crippen molar-refractivity contribution in [1.82, 2.24) is 10.2 Å². The van der Waals surface area contributed by atoms with E-state index in [0.717, 1.165) is 32.7 Å². The van der Waals surface area contributed by atoms with E-state index in [0.29, 0.717) is 5.56 Å². The van der Waals surface area contributed by atoms with E-state index in [2.05, 4.69) is 27.2 Å². The summed E-state index contributed by atoms with van der Waals surface area (Å²) < 4.78 is 14.7. The summed E-state index contributed by atoms with van der Waals surface area (Å²) in [6, 6.07) is 19.1. The van der Waals surface area contributed by atoms with E-state index in [1.165, 1.54) is 5.69 Å². The van der Waals surface area contributed by atoms with Crippen LogP contribution in [0.5, 0.6) is 0 Å². The fourth-order valence-corrected chi connectivity index (χ4v) is 3.61. The summed E-state index contributed by atoms with van der Waals surface area (Å²) in [5.41, 5.74) is 1.66. The van der Waals surface area contributed by atoms with Crippen LogP contribution in [0, 0.1) is 0 Å². The van der Waals surface area contributed by atoms with Gasteiger partial charge in [0.05, 0.1) is 6.17 Å². The Morgan fingerprint density at radius 3 is 2.19 bits per heavy atom. The molecular weight excluding hydrogens is 341 g/mol. The normalized spacial score (nSPS) is 17.5. The third kappa shape index (κ3) is 5.15. The van der Waals surface area contributed by atoms with Gasteiger partial charge in [-0.25, -0.2) is 4.39 Å². The highest BCUT2D eigenvalue weighted by molar-refractivity contribution is 5.99. The Bertz CT molecular complexity index is 702. The van der Waals surface area contributed by atoms with Crippen molar-refractivity contribution in [3.05, 3.63) is 66.2 Å². The SMILES string of the molecule is CCNC(CC(F)C(=O)c1ccccc1)N1CCN(c2ccccc2)CC1. The second kappa shape index (κ2) is 9.62. The maximum absolute atomic E-state index is 14.7. The lowest BCUT2D eigenvalue weighted by molar-refractivity contribution is 0.0770. The summed E-state index contributed by atoms with van der Waals surface area (Å²) in [7, 11) is 0. The molecule has 1 heterocycles. The minimum atomic E-state index is -1.50. The van der Waals surface area contributed by atoms with E-state index >= 15 is 0 Å². The minimum Gasteiger partial charge on any atom is -0.369 e. The summed E-state index contributed by atoms with van der Waals surface area (Å²) in [4.78, 5) is 17.0. The second-order valence-electron chi connectivity index (χ2n) is 6.87. The number of hydrogen-bond acceptors (Lipinski definition) is 4. The van der Waals surface area contributed by atoms with E-state index in [9.17, 15) is 9.18 Å². The third-order valence-corrected chi connectivity index (χ3v) is 5.09. The van der Waals surface area contributed by atoms with Gasteiger partial charge in [-0.05, 0) is 18.7 Å². The highest BCUT2D eigenvalue weighted by Crippen LogP contribution is 2.19. The highest BCUT2D eigenvalue weighted by Gasteiger charge is 2.29. The van der Waals surface area contributed by atoms with Crippen molar-refractivity contribution < 1.29 is 9.18 Å². The number of rotatable bonds is 8. The van der Waals surface area contributed by atoms with Crippen LogP contribution in [0.3, 0.4) is 0 Å². The van der Waals surface area contributed by atoms with Crippen LogP contribution in [0.15, 0.2) is 60.7 Å². The molecule has 5 heteroatoms. The zero-order valence-corrected chi connectivity index (χ0v) is 15.9. The van der Waals surface area contributed by atoms with Gasteiger partial charge in [0.15, 0.2) is 12.0 Å². The first kappa shape index (κ1) is 19.5. The van der Waals surface area contributed by atoms with Crippen molar-refractivity contribution in [2.45, 2.75) is 25.7 Å². The molecule has 0 bridgehead atoms. The molecule has 144 valence electrons. The van der Waals surface area contributed by atoms with Gasteiger partial charge in [-0.3, -0.25) is 9.69 Å². The summed E-state index contributed by atoms with van der Waals surface area (Å²) >= 11 is 0. The fraction of sp³-hybridized carbons (Fsp3) is 0.409. The maximum atomic E-state index is 14.7. The third-order valence-electron chi connectivity index (χ3n) is 5.09. The van der Waals surface area contributed by atoms with Crippen LogP contribution >= 0.6 is 0 Å². The number of halogens is 1. The van der Waals surface area contributed by atoms with Crippen LogP contribution in [0.4, 0.5) is 10.1 Å². The van der Waals surface area contributed by atoms with Gasteiger partial charge in [-0.1, -0.05) is 55.5 Å². The molecule has 1 saturated heterocycles. The molecule has 27 heavy (non-hydrogen) atoms. The number of hydrogen-bond donors (Lipinski definition) is 1. The van der Waals surface area contributed by atoms with Gasteiger partial charge in [-0.15, -0.1) is 0 Å². The number of nitrogens with one attached hydrogen (secondary N) is 1. The summed E-state index contributed by atoms with van der Waals surface area (Å²) in [6.07, 6.45) is -1.45. The molecule has 0 radical (unpaired) electrons. The first-order chi connectivity index (χ1) is 13.2. The van der Waals surface area contributed by atoms with E-state index < -0.39 is 12.0 Å². The van der Waals surface area contributed by atoms with E-state index in [1.807, 2.05) is 31.2 Å². The topological polar surface area (TPSA) is 35.6 Å². The number of nitrogens with zero attached hydrogens (tertiary/aromatic N) is 2. The van der Waals surface area contributed by atoms with Crippen molar-refractivity contribution in [3.63, 3.8) is 0 Å². The number of Topliss-reactive ketones (excluding diaryl/α,β-unsaturated/α-hetero) is 1. The Morgan fingerprint density at radius 1 is 1.00 bits per heavy atom. The molecule has 1 aliphatic heterocycles. The largest absolute Gasteiger partial charge is 0.369 e. The van der Waals surface area contributed by atoms with Crippen molar-refractivity contribution >= 4 is 11.5 Å². The quantitative estimate of drug-likeness (QED) is 0.724. The Balaban J connectivity index is 1.58.